The number of anilines is 1. The zero-order valence-electron chi connectivity index (χ0n) is 8.28. The Labute approximate surface area is 89.1 Å². The summed E-state index contributed by atoms with van der Waals surface area (Å²) in [6, 6.07) is 0.546. The molecular weight excluding hydrogens is 198 g/mol. The Bertz CT molecular complexity index is 299. The van der Waals surface area contributed by atoms with Crippen LogP contribution < -0.4 is 4.90 Å². The Morgan fingerprint density at radius 1 is 1.36 bits per heavy atom. The van der Waals surface area contributed by atoms with Gasteiger partial charge in [0.05, 0.1) is 17.4 Å². The van der Waals surface area contributed by atoms with Gasteiger partial charge in [0.25, 0.3) is 0 Å². The maximum absolute atomic E-state index is 5.74. The van der Waals surface area contributed by atoms with E-state index < -0.39 is 0 Å². The summed E-state index contributed by atoms with van der Waals surface area (Å²) in [6.45, 7) is 3.28. The lowest BCUT2D eigenvalue weighted by Gasteiger charge is -2.33. The maximum Gasteiger partial charge on any atom is 0.225 e. The Morgan fingerprint density at radius 2 is 2.07 bits per heavy atom. The van der Waals surface area contributed by atoms with Crippen LogP contribution in [0.3, 0.4) is 0 Å². The maximum atomic E-state index is 5.74. The van der Waals surface area contributed by atoms with E-state index in [0.29, 0.717) is 11.1 Å². The molecule has 2 rings (SSSR count). The Hall–Kier alpha value is -0.830. The first kappa shape index (κ1) is 9.71. The number of hydrogen-bond acceptors (Lipinski definition) is 3. The van der Waals surface area contributed by atoms with E-state index in [0.717, 1.165) is 12.5 Å². The summed E-state index contributed by atoms with van der Waals surface area (Å²) >= 11 is 5.74. The lowest BCUT2D eigenvalue weighted by atomic mass is 10.0. The molecule has 0 amide bonds. The van der Waals surface area contributed by atoms with Crippen molar-refractivity contribution in [3.8, 4) is 0 Å². The highest BCUT2D eigenvalue weighted by Crippen LogP contribution is 2.21. The molecule has 1 aliphatic heterocycles. The van der Waals surface area contributed by atoms with Gasteiger partial charge in [-0.2, -0.15) is 0 Å². The molecule has 0 saturated carbocycles. The first-order valence-electron chi connectivity index (χ1n) is 5.01. The highest BCUT2D eigenvalue weighted by Gasteiger charge is 2.20. The average Bonchev–Trinajstić information content (AvgIpc) is 2.20. The van der Waals surface area contributed by atoms with E-state index in [1.165, 1.54) is 19.3 Å². The minimum atomic E-state index is 0.546. The van der Waals surface area contributed by atoms with Gasteiger partial charge in [-0.25, -0.2) is 9.97 Å². The fraction of sp³-hybridized carbons (Fsp3) is 0.600. The number of hydrogen-bond donors (Lipinski definition) is 0. The normalized spacial score (nSPS) is 22.4. The average molecular weight is 212 g/mol. The van der Waals surface area contributed by atoms with E-state index in [2.05, 4.69) is 21.8 Å². The van der Waals surface area contributed by atoms with Gasteiger partial charge in [-0.1, -0.05) is 11.6 Å². The monoisotopic (exact) mass is 211 g/mol. The van der Waals surface area contributed by atoms with Crippen molar-refractivity contribution in [1.29, 1.82) is 0 Å². The molecule has 1 aromatic rings. The minimum absolute atomic E-state index is 0.546. The molecule has 0 N–H and O–H groups in total. The van der Waals surface area contributed by atoms with Gasteiger partial charge in [-0.15, -0.1) is 0 Å². The number of halogens is 1. The van der Waals surface area contributed by atoms with Gasteiger partial charge in [0.2, 0.25) is 5.95 Å². The fourth-order valence-corrected chi connectivity index (χ4v) is 1.95. The van der Waals surface area contributed by atoms with Crippen molar-refractivity contribution in [2.75, 3.05) is 11.4 Å². The van der Waals surface area contributed by atoms with Gasteiger partial charge in [0.1, 0.15) is 0 Å². The molecule has 1 unspecified atom stereocenters. The highest BCUT2D eigenvalue weighted by atomic mass is 35.5. The molecule has 14 heavy (non-hydrogen) atoms. The van der Waals surface area contributed by atoms with Gasteiger partial charge < -0.3 is 4.90 Å². The van der Waals surface area contributed by atoms with Gasteiger partial charge >= 0.3 is 0 Å². The summed E-state index contributed by atoms with van der Waals surface area (Å²) in [5.74, 6) is 0.807. The van der Waals surface area contributed by atoms with Crippen LogP contribution in [0.4, 0.5) is 5.95 Å². The zero-order valence-corrected chi connectivity index (χ0v) is 9.04. The van der Waals surface area contributed by atoms with E-state index in [1.54, 1.807) is 12.4 Å². The van der Waals surface area contributed by atoms with E-state index in [4.69, 9.17) is 11.6 Å². The van der Waals surface area contributed by atoms with Crippen LogP contribution in [0, 0.1) is 0 Å². The topological polar surface area (TPSA) is 29.0 Å². The summed E-state index contributed by atoms with van der Waals surface area (Å²) in [5.41, 5.74) is 0. The molecular formula is C10H14ClN3. The van der Waals surface area contributed by atoms with Crippen molar-refractivity contribution in [2.24, 2.45) is 0 Å². The standard InChI is InChI=1S/C10H14ClN3/c1-8-4-2-3-5-14(8)10-12-6-9(11)7-13-10/h6-8H,2-5H2,1H3. The summed E-state index contributed by atoms with van der Waals surface area (Å²) in [4.78, 5) is 10.7. The van der Waals surface area contributed by atoms with Crippen LogP contribution in [0.2, 0.25) is 5.02 Å². The Kier molecular flexibility index (Phi) is 2.87. The SMILES string of the molecule is CC1CCCCN1c1ncc(Cl)cn1. The Morgan fingerprint density at radius 3 is 2.71 bits per heavy atom. The molecule has 0 spiro atoms. The summed E-state index contributed by atoms with van der Waals surface area (Å²) < 4.78 is 0. The van der Waals surface area contributed by atoms with Crippen LogP contribution >= 0.6 is 11.6 Å². The summed E-state index contributed by atoms with van der Waals surface area (Å²) in [7, 11) is 0. The molecule has 1 aliphatic rings. The second kappa shape index (κ2) is 4.13. The highest BCUT2D eigenvalue weighted by molar-refractivity contribution is 6.30. The third-order valence-electron chi connectivity index (χ3n) is 2.67. The Balaban J connectivity index is 2.16. The molecule has 0 bridgehead atoms. The minimum Gasteiger partial charge on any atom is -0.338 e. The van der Waals surface area contributed by atoms with Gasteiger partial charge in [0.15, 0.2) is 0 Å². The van der Waals surface area contributed by atoms with Gasteiger partial charge in [-0.3, -0.25) is 0 Å². The van der Waals surface area contributed by atoms with Crippen LogP contribution in [0.5, 0.6) is 0 Å². The predicted molar refractivity (Wildman–Crippen MR) is 57.7 cm³/mol. The van der Waals surface area contributed by atoms with Crippen molar-refractivity contribution in [3.63, 3.8) is 0 Å². The first-order valence-corrected chi connectivity index (χ1v) is 5.39. The second-order valence-electron chi connectivity index (χ2n) is 3.74. The van der Waals surface area contributed by atoms with Gasteiger partial charge in [-0.05, 0) is 26.2 Å². The number of aromatic nitrogens is 2. The lowest BCUT2D eigenvalue weighted by molar-refractivity contribution is 0.477. The first-order chi connectivity index (χ1) is 6.77. The summed E-state index contributed by atoms with van der Waals surface area (Å²) in [6.07, 6.45) is 7.09. The largest absolute Gasteiger partial charge is 0.338 e. The van der Waals surface area contributed by atoms with Crippen molar-refractivity contribution >= 4 is 17.5 Å². The van der Waals surface area contributed by atoms with Crippen molar-refractivity contribution in [2.45, 2.75) is 32.2 Å². The zero-order chi connectivity index (χ0) is 9.97. The molecule has 1 fully saturated rings. The van der Waals surface area contributed by atoms with Crippen molar-refractivity contribution in [1.82, 2.24) is 9.97 Å². The molecule has 1 aromatic heterocycles. The van der Waals surface area contributed by atoms with Gasteiger partial charge in [0, 0.05) is 12.6 Å². The van der Waals surface area contributed by atoms with E-state index in [-0.39, 0.29) is 0 Å². The number of rotatable bonds is 1. The number of nitrogens with zero attached hydrogens (tertiary/aromatic N) is 3. The molecule has 0 radical (unpaired) electrons. The third kappa shape index (κ3) is 1.98. The predicted octanol–water partition coefficient (Wildman–Crippen LogP) is 2.51. The van der Waals surface area contributed by atoms with Crippen LogP contribution in [-0.4, -0.2) is 22.6 Å². The van der Waals surface area contributed by atoms with E-state index >= 15 is 0 Å². The molecule has 1 atom stereocenters. The van der Waals surface area contributed by atoms with E-state index in [1.807, 2.05) is 0 Å². The second-order valence-corrected chi connectivity index (χ2v) is 4.18. The van der Waals surface area contributed by atoms with E-state index in [9.17, 15) is 0 Å². The molecule has 4 heteroatoms. The van der Waals surface area contributed by atoms with Crippen molar-refractivity contribution in [3.05, 3.63) is 17.4 Å². The van der Waals surface area contributed by atoms with Crippen LogP contribution in [-0.2, 0) is 0 Å². The summed E-state index contributed by atoms with van der Waals surface area (Å²) in [5, 5.41) is 0.596. The quantitative estimate of drug-likeness (QED) is 0.715. The molecule has 76 valence electrons. The molecule has 2 heterocycles. The van der Waals surface area contributed by atoms with Crippen LogP contribution in [0.15, 0.2) is 12.4 Å². The smallest absolute Gasteiger partial charge is 0.225 e. The number of piperidine rings is 1. The molecule has 3 nitrogen and oxygen atoms in total. The third-order valence-corrected chi connectivity index (χ3v) is 2.86. The van der Waals surface area contributed by atoms with Crippen LogP contribution in [0.25, 0.3) is 0 Å². The fourth-order valence-electron chi connectivity index (χ4n) is 1.85. The van der Waals surface area contributed by atoms with Crippen molar-refractivity contribution < 1.29 is 0 Å². The lowest BCUT2D eigenvalue weighted by Crippen LogP contribution is -2.38. The molecule has 0 aromatic carbocycles. The van der Waals surface area contributed by atoms with Crippen LogP contribution in [0.1, 0.15) is 26.2 Å². The molecule has 0 aliphatic carbocycles. The molecule has 1 saturated heterocycles.